The molecule has 6 nitrogen and oxygen atoms in total. The van der Waals surface area contributed by atoms with Crippen molar-refractivity contribution in [1.82, 2.24) is 10.1 Å². The molecular weight excluding hydrogens is 236 g/mol. The van der Waals surface area contributed by atoms with Crippen LogP contribution in [0.3, 0.4) is 0 Å². The van der Waals surface area contributed by atoms with Crippen LogP contribution in [0, 0.1) is 0 Å². The van der Waals surface area contributed by atoms with Crippen LogP contribution in [0.25, 0.3) is 0 Å². The lowest BCUT2D eigenvalue weighted by atomic mass is 10.2. The fraction of sp³-hybridized carbons (Fsp3) is 0.583. The maximum Gasteiger partial charge on any atom is 0.329 e. The summed E-state index contributed by atoms with van der Waals surface area (Å²) in [6.07, 6.45) is 2.67. The van der Waals surface area contributed by atoms with E-state index in [-0.39, 0.29) is 18.0 Å². The number of fused-ring (bicyclic) bond motifs is 2. The van der Waals surface area contributed by atoms with E-state index in [1.54, 1.807) is 11.0 Å². The molecule has 4 rings (SSSR count). The number of hydrogen-bond acceptors (Lipinski definition) is 5. The first-order chi connectivity index (χ1) is 8.72. The van der Waals surface area contributed by atoms with E-state index in [1.807, 2.05) is 0 Å². The van der Waals surface area contributed by atoms with Crippen LogP contribution in [-0.2, 0) is 9.53 Å². The molecule has 3 heterocycles. The highest BCUT2D eigenvalue weighted by Crippen LogP contribution is 2.40. The highest BCUT2D eigenvalue weighted by molar-refractivity contribution is 5.96. The van der Waals surface area contributed by atoms with E-state index in [9.17, 15) is 9.59 Å². The third-order valence-corrected chi connectivity index (χ3v) is 3.81. The summed E-state index contributed by atoms with van der Waals surface area (Å²) in [7, 11) is 0. The van der Waals surface area contributed by atoms with Gasteiger partial charge in [0.25, 0.3) is 5.91 Å². The Morgan fingerprint density at radius 3 is 2.94 bits per heavy atom. The Bertz CT molecular complexity index is 534. The van der Waals surface area contributed by atoms with Crippen molar-refractivity contribution in [2.75, 3.05) is 6.54 Å². The number of morpholine rings is 1. The molecule has 2 saturated heterocycles. The van der Waals surface area contributed by atoms with Crippen molar-refractivity contribution in [2.45, 2.75) is 37.3 Å². The van der Waals surface area contributed by atoms with Gasteiger partial charge in [-0.3, -0.25) is 4.79 Å². The monoisotopic (exact) mass is 248 g/mol. The average Bonchev–Trinajstić information content (AvgIpc) is 2.83. The molecule has 1 amide bonds. The molecule has 3 fully saturated rings. The quantitative estimate of drug-likeness (QED) is 0.720. The number of esters is 1. The second kappa shape index (κ2) is 3.34. The summed E-state index contributed by atoms with van der Waals surface area (Å²) in [6, 6.07) is 1.28. The molecule has 3 aliphatic rings. The van der Waals surface area contributed by atoms with Crippen LogP contribution in [0.15, 0.2) is 10.6 Å². The van der Waals surface area contributed by atoms with Crippen LogP contribution in [-0.4, -0.2) is 40.6 Å². The molecule has 0 aromatic carbocycles. The lowest BCUT2D eigenvalue weighted by Crippen LogP contribution is -2.44. The van der Waals surface area contributed by atoms with Gasteiger partial charge in [-0.1, -0.05) is 5.16 Å². The Morgan fingerprint density at radius 2 is 2.28 bits per heavy atom. The van der Waals surface area contributed by atoms with Gasteiger partial charge in [0, 0.05) is 18.4 Å². The molecule has 0 spiro atoms. The zero-order valence-corrected chi connectivity index (χ0v) is 9.67. The number of amides is 1. The Hall–Kier alpha value is -1.85. The number of carbonyl (C=O) groups is 2. The minimum Gasteiger partial charge on any atom is -0.459 e. The summed E-state index contributed by atoms with van der Waals surface area (Å²) in [5.41, 5.74) is 0.303. The maximum absolute atomic E-state index is 12.2. The minimum atomic E-state index is -0.427. The van der Waals surface area contributed by atoms with Gasteiger partial charge < -0.3 is 14.2 Å². The summed E-state index contributed by atoms with van der Waals surface area (Å²) < 4.78 is 10.2. The van der Waals surface area contributed by atoms with E-state index in [1.165, 1.54) is 0 Å². The molecule has 94 valence electrons. The second-order valence-electron chi connectivity index (χ2n) is 5.16. The molecule has 2 bridgehead atoms. The van der Waals surface area contributed by atoms with E-state index in [0.29, 0.717) is 24.6 Å². The first-order valence-electron chi connectivity index (χ1n) is 6.20. The van der Waals surface area contributed by atoms with E-state index in [4.69, 9.17) is 9.26 Å². The molecule has 0 unspecified atom stereocenters. The fourth-order valence-electron chi connectivity index (χ4n) is 2.67. The van der Waals surface area contributed by atoms with Gasteiger partial charge in [0.15, 0.2) is 5.69 Å². The number of ether oxygens (including phenoxy) is 1. The van der Waals surface area contributed by atoms with Gasteiger partial charge in [0.05, 0.1) is 6.54 Å². The minimum absolute atomic E-state index is 0.138. The zero-order chi connectivity index (χ0) is 12.3. The summed E-state index contributed by atoms with van der Waals surface area (Å²) in [6.45, 7) is 0.473. The van der Waals surface area contributed by atoms with E-state index in [2.05, 4.69) is 5.16 Å². The number of hydrogen-bond donors (Lipinski definition) is 0. The molecule has 1 saturated carbocycles. The summed E-state index contributed by atoms with van der Waals surface area (Å²) in [4.78, 5) is 25.2. The lowest BCUT2D eigenvalue weighted by molar-refractivity contribution is -0.149. The number of rotatable bonds is 2. The van der Waals surface area contributed by atoms with E-state index in [0.717, 1.165) is 18.6 Å². The first kappa shape index (κ1) is 10.1. The number of carbonyl (C=O) groups excluding carboxylic acids is 2. The standard InChI is InChI=1S/C12H12N2O4/c15-11(8-4-10(18-13-8)6-1-2-6)14-5-7-3-9(14)12(16)17-7/h4,6-7,9H,1-3,5H2/t7-,9-/m0/s1. The first-order valence-corrected chi connectivity index (χ1v) is 6.20. The summed E-state index contributed by atoms with van der Waals surface area (Å²) in [5, 5.41) is 3.81. The molecule has 18 heavy (non-hydrogen) atoms. The molecule has 0 radical (unpaired) electrons. The molecule has 1 aromatic heterocycles. The molecule has 2 aliphatic heterocycles. The fourth-order valence-corrected chi connectivity index (χ4v) is 2.67. The highest BCUT2D eigenvalue weighted by Gasteiger charge is 2.49. The normalized spacial score (nSPS) is 29.8. The van der Waals surface area contributed by atoms with Crippen LogP contribution in [0.5, 0.6) is 0 Å². The van der Waals surface area contributed by atoms with Crippen LogP contribution in [0.1, 0.15) is 41.4 Å². The van der Waals surface area contributed by atoms with Gasteiger partial charge >= 0.3 is 5.97 Å². The maximum atomic E-state index is 12.2. The molecule has 1 aromatic rings. The van der Waals surface area contributed by atoms with Crippen molar-refractivity contribution in [3.63, 3.8) is 0 Å². The highest BCUT2D eigenvalue weighted by atomic mass is 16.6. The Balaban J connectivity index is 1.57. The van der Waals surface area contributed by atoms with Crippen LogP contribution >= 0.6 is 0 Å². The van der Waals surface area contributed by atoms with Gasteiger partial charge in [0.1, 0.15) is 17.9 Å². The van der Waals surface area contributed by atoms with Gasteiger partial charge in [-0.15, -0.1) is 0 Å². The van der Waals surface area contributed by atoms with Gasteiger partial charge in [0.2, 0.25) is 0 Å². The molecular formula is C12H12N2O4. The van der Waals surface area contributed by atoms with Gasteiger partial charge in [-0.05, 0) is 12.8 Å². The molecule has 1 aliphatic carbocycles. The topological polar surface area (TPSA) is 72.6 Å². The van der Waals surface area contributed by atoms with Crippen molar-refractivity contribution in [3.8, 4) is 0 Å². The van der Waals surface area contributed by atoms with Gasteiger partial charge in [-0.2, -0.15) is 0 Å². The molecule has 6 heteroatoms. The average molecular weight is 248 g/mol. The van der Waals surface area contributed by atoms with Crippen LogP contribution in [0.4, 0.5) is 0 Å². The Labute approximate surface area is 103 Å². The van der Waals surface area contributed by atoms with Crippen LogP contribution in [0.2, 0.25) is 0 Å². The summed E-state index contributed by atoms with van der Waals surface area (Å²) >= 11 is 0. The van der Waals surface area contributed by atoms with Crippen molar-refractivity contribution >= 4 is 11.9 Å². The summed E-state index contributed by atoms with van der Waals surface area (Å²) in [5.74, 6) is 0.685. The zero-order valence-electron chi connectivity index (χ0n) is 9.67. The van der Waals surface area contributed by atoms with Crippen molar-refractivity contribution < 1.29 is 18.8 Å². The molecule has 0 N–H and O–H groups in total. The second-order valence-corrected chi connectivity index (χ2v) is 5.16. The number of likely N-dealkylation sites (tertiary alicyclic amines) is 1. The van der Waals surface area contributed by atoms with Crippen LogP contribution < -0.4 is 0 Å². The predicted octanol–water partition coefficient (Wildman–Crippen LogP) is 0.692. The Morgan fingerprint density at radius 1 is 1.44 bits per heavy atom. The third-order valence-electron chi connectivity index (χ3n) is 3.81. The van der Waals surface area contributed by atoms with E-state index < -0.39 is 6.04 Å². The predicted molar refractivity (Wildman–Crippen MR) is 57.8 cm³/mol. The number of nitrogens with zero attached hydrogens (tertiary/aromatic N) is 2. The third kappa shape index (κ3) is 1.38. The largest absolute Gasteiger partial charge is 0.459 e. The SMILES string of the molecule is O=C1O[C@H]2C[C@@H]1N(C(=O)c1cc(C3CC3)on1)C2. The van der Waals surface area contributed by atoms with E-state index >= 15 is 0 Å². The number of aromatic nitrogens is 1. The van der Waals surface area contributed by atoms with Crippen molar-refractivity contribution in [2.24, 2.45) is 0 Å². The Kier molecular flexibility index (Phi) is 1.87. The smallest absolute Gasteiger partial charge is 0.329 e. The molecule has 2 atom stereocenters. The van der Waals surface area contributed by atoms with Crippen molar-refractivity contribution in [1.29, 1.82) is 0 Å². The lowest BCUT2D eigenvalue weighted by Gasteiger charge is -2.24. The van der Waals surface area contributed by atoms with Crippen molar-refractivity contribution in [3.05, 3.63) is 17.5 Å². The van der Waals surface area contributed by atoms with Gasteiger partial charge in [-0.25, -0.2) is 4.79 Å².